The molecular weight excluding hydrogens is 388 g/mol. The van der Waals surface area contributed by atoms with Crippen LogP contribution in [0.5, 0.6) is 0 Å². The van der Waals surface area contributed by atoms with Gasteiger partial charge in [0.15, 0.2) is 0 Å². The average molecular weight is 411 g/mol. The maximum Gasteiger partial charge on any atom is 0.243 e. The summed E-state index contributed by atoms with van der Waals surface area (Å²) in [5.41, 5.74) is 1.88. The molecule has 1 amide bonds. The van der Waals surface area contributed by atoms with Crippen molar-refractivity contribution < 1.29 is 13.2 Å². The van der Waals surface area contributed by atoms with Crippen molar-refractivity contribution in [2.24, 2.45) is 0 Å². The Kier molecular flexibility index (Phi) is 7.06. The van der Waals surface area contributed by atoms with Gasteiger partial charge in [-0.2, -0.15) is 0 Å². The predicted octanol–water partition coefficient (Wildman–Crippen LogP) is 3.07. The molecule has 0 bridgehead atoms. The summed E-state index contributed by atoms with van der Waals surface area (Å²) >= 11 is 5.83. The molecule has 7 nitrogen and oxygen atoms in total. The van der Waals surface area contributed by atoms with E-state index in [-0.39, 0.29) is 17.3 Å². The molecule has 2 aromatic rings. The molecule has 3 N–H and O–H groups in total. The van der Waals surface area contributed by atoms with Gasteiger partial charge in [0.25, 0.3) is 0 Å². The molecular formula is C18H23ClN4O3S. The second-order valence-corrected chi connectivity index (χ2v) is 8.52. The Hall–Kier alpha value is -2.29. The summed E-state index contributed by atoms with van der Waals surface area (Å²) < 4.78 is 25.8. The lowest BCUT2D eigenvalue weighted by Gasteiger charge is -2.17. The zero-order chi connectivity index (χ0) is 20.0. The van der Waals surface area contributed by atoms with E-state index >= 15 is 0 Å². The fourth-order valence-electron chi connectivity index (χ4n) is 2.30. The van der Waals surface area contributed by atoms with Crippen LogP contribution in [0.4, 0.5) is 17.1 Å². The van der Waals surface area contributed by atoms with E-state index in [4.69, 9.17) is 11.6 Å². The molecule has 27 heavy (non-hydrogen) atoms. The Bertz CT molecular complexity index is 899. The topological polar surface area (TPSA) is 90.5 Å². The summed E-state index contributed by atoms with van der Waals surface area (Å²) in [6, 6.07) is 11.5. The molecule has 2 aromatic carbocycles. The van der Waals surface area contributed by atoms with E-state index in [1.165, 1.54) is 26.2 Å². The van der Waals surface area contributed by atoms with Crippen LogP contribution in [-0.4, -0.2) is 45.8 Å². The molecule has 0 spiro atoms. The molecule has 146 valence electrons. The number of amides is 1. The van der Waals surface area contributed by atoms with Gasteiger partial charge in [-0.25, -0.2) is 12.7 Å². The highest BCUT2D eigenvalue weighted by Crippen LogP contribution is 2.26. The summed E-state index contributed by atoms with van der Waals surface area (Å²) in [6.45, 7) is 2.57. The quantitative estimate of drug-likeness (QED) is 0.622. The molecule has 0 aromatic heterocycles. The highest BCUT2D eigenvalue weighted by Gasteiger charge is 2.19. The molecule has 0 fully saturated rings. The van der Waals surface area contributed by atoms with Gasteiger partial charge in [-0.3, -0.25) is 4.79 Å². The van der Waals surface area contributed by atoms with E-state index in [1.54, 1.807) is 30.3 Å². The van der Waals surface area contributed by atoms with Crippen LogP contribution >= 0.6 is 11.6 Å². The number of carbonyl (C=O) groups excluding carboxylic acids is 1. The Morgan fingerprint density at radius 1 is 1.04 bits per heavy atom. The first-order chi connectivity index (χ1) is 12.7. The van der Waals surface area contributed by atoms with Gasteiger partial charge in [-0.1, -0.05) is 11.6 Å². The minimum atomic E-state index is -3.57. The van der Waals surface area contributed by atoms with Crippen LogP contribution in [0.2, 0.25) is 5.02 Å². The molecule has 0 radical (unpaired) electrons. The number of halogens is 1. The van der Waals surface area contributed by atoms with E-state index in [0.717, 1.165) is 9.99 Å². The Morgan fingerprint density at radius 3 is 2.30 bits per heavy atom. The Morgan fingerprint density at radius 2 is 1.70 bits per heavy atom. The molecule has 0 atom stereocenters. The second kappa shape index (κ2) is 9.07. The van der Waals surface area contributed by atoms with Gasteiger partial charge in [0.2, 0.25) is 15.9 Å². The van der Waals surface area contributed by atoms with Crippen molar-refractivity contribution in [2.45, 2.75) is 11.8 Å². The lowest BCUT2D eigenvalue weighted by atomic mass is 10.2. The van der Waals surface area contributed by atoms with E-state index < -0.39 is 10.0 Å². The van der Waals surface area contributed by atoms with Gasteiger partial charge < -0.3 is 16.0 Å². The summed E-state index contributed by atoms with van der Waals surface area (Å²) in [5.74, 6) is -0.263. The first-order valence-electron chi connectivity index (χ1n) is 8.33. The molecule has 9 heteroatoms. The van der Waals surface area contributed by atoms with Gasteiger partial charge >= 0.3 is 0 Å². The van der Waals surface area contributed by atoms with Crippen LogP contribution in [0.25, 0.3) is 0 Å². The van der Waals surface area contributed by atoms with E-state index in [2.05, 4.69) is 16.0 Å². The SMILES string of the molecule is CCNc1ccc(S(=O)(=O)N(C)C)cc1NCC(=O)Nc1ccc(Cl)cc1. The van der Waals surface area contributed by atoms with Gasteiger partial charge in [0.1, 0.15) is 0 Å². The van der Waals surface area contributed by atoms with Gasteiger partial charge in [-0.05, 0) is 49.4 Å². The molecule has 2 rings (SSSR count). The largest absolute Gasteiger partial charge is 0.384 e. The minimum Gasteiger partial charge on any atom is -0.384 e. The van der Waals surface area contributed by atoms with Crippen molar-refractivity contribution >= 4 is 44.6 Å². The number of carbonyl (C=O) groups is 1. The van der Waals surface area contributed by atoms with Crippen molar-refractivity contribution in [3.05, 3.63) is 47.5 Å². The zero-order valence-electron chi connectivity index (χ0n) is 15.4. The number of hydrogen-bond donors (Lipinski definition) is 3. The lowest BCUT2D eigenvalue weighted by molar-refractivity contribution is -0.114. The van der Waals surface area contributed by atoms with Gasteiger partial charge in [0, 0.05) is 31.4 Å². The van der Waals surface area contributed by atoms with E-state index in [1.807, 2.05) is 6.92 Å². The van der Waals surface area contributed by atoms with Crippen molar-refractivity contribution in [1.29, 1.82) is 0 Å². The first kappa shape index (κ1) is 21.0. The monoisotopic (exact) mass is 410 g/mol. The Balaban J connectivity index is 2.15. The Labute approximate surface area is 164 Å². The van der Waals surface area contributed by atoms with Crippen LogP contribution in [-0.2, 0) is 14.8 Å². The smallest absolute Gasteiger partial charge is 0.243 e. The summed E-state index contributed by atoms with van der Waals surface area (Å²) in [4.78, 5) is 12.3. The fourth-order valence-corrected chi connectivity index (χ4v) is 3.35. The molecule has 0 aliphatic carbocycles. The third kappa shape index (κ3) is 5.59. The first-order valence-corrected chi connectivity index (χ1v) is 10.2. The summed E-state index contributed by atoms with van der Waals surface area (Å²) in [7, 11) is -0.625. The third-order valence-electron chi connectivity index (χ3n) is 3.70. The number of hydrogen-bond acceptors (Lipinski definition) is 5. The van der Waals surface area contributed by atoms with Crippen LogP contribution in [0, 0.1) is 0 Å². The van der Waals surface area contributed by atoms with Crippen LogP contribution in [0.1, 0.15) is 6.92 Å². The average Bonchev–Trinajstić information content (AvgIpc) is 2.62. The van der Waals surface area contributed by atoms with Gasteiger partial charge in [0.05, 0.1) is 22.8 Å². The molecule has 0 saturated heterocycles. The summed E-state index contributed by atoms with van der Waals surface area (Å²) in [6.07, 6.45) is 0. The predicted molar refractivity (Wildman–Crippen MR) is 110 cm³/mol. The lowest BCUT2D eigenvalue weighted by Crippen LogP contribution is -2.24. The maximum absolute atomic E-state index is 12.3. The van der Waals surface area contributed by atoms with Crippen molar-refractivity contribution in [3.63, 3.8) is 0 Å². The maximum atomic E-state index is 12.3. The van der Waals surface area contributed by atoms with Gasteiger partial charge in [-0.15, -0.1) is 0 Å². The zero-order valence-corrected chi connectivity index (χ0v) is 17.0. The molecule has 0 aliphatic heterocycles. The number of nitrogens with zero attached hydrogens (tertiary/aromatic N) is 1. The highest BCUT2D eigenvalue weighted by molar-refractivity contribution is 7.89. The number of benzene rings is 2. The normalized spacial score (nSPS) is 11.3. The van der Waals surface area contributed by atoms with E-state index in [0.29, 0.717) is 22.9 Å². The minimum absolute atomic E-state index is 0.0213. The van der Waals surface area contributed by atoms with E-state index in [9.17, 15) is 13.2 Å². The molecule has 0 unspecified atom stereocenters. The standard InChI is InChI=1S/C18H23ClN4O3S/c1-4-20-16-10-9-15(27(25,26)23(2)3)11-17(16)21-12-18(24)22-14-7-5-13(19)6-8-14/h5-11,20-21H,4,12H2,1-3H3,(H,22,24). The number of sulfonamides is 1. The fraction of sp³-hybridized carbons (Fsp3) is 0.278. The molecule has 0 aliphatic rings. The molecule has 0 heterocycles. The second-order valence-electron chi connectivity index (χ2n) is 5.93. The van der Waals surface area contributed by atoms with Crippen LogP contribution in [0.3, 0.4) is 0 Å². The van der Waals surface area contributed by atoms with Crippen molar-refractivity contribution in [3.8, 4) is 0 Å². The third-order valence-corrected chi connectivity index (χ3v) is 5.77. The van der Waals surface area contributed by atoms with Crippen LogP contribution in [0.15, 0.2) is 47.4 Å². The van der Waals surface area contributed by atoms with Crippen LogP contribution < -0.4 is 16.0 Å². The number of rotatable bonds is 8. The summed E-state index contributed by atoms with van der Waals surface area (Å²) in [5, 5.41) is 9.47. The molecule has 0 saturated carbocycles. The van der Waals surface area contributed by atoms with Crippen molar-refractivity contribution in [2.75, 3.05) is 43.1 Å². The van der Waals surface area contributed by atoms with Crippen molar-refractivity contribution in [1.82, 2.24) is 4.31 Å². The number of anilines is 3. The highest BCUT2D eigenvalue weighted by atomic mass is 35.5. The number of nitrogens with one attached hydrogen (secondary N) is 3.